The first-order valence-electron chi connectivity index (χ1n) is 7.23. The highest BCUT2D eigenvalue weighted by Crippen LogP contribution is 2.15. The van der Waals surface area contributed by atoms with E-state index in [1.807, 2.05) is 30.3 Å². The molecule has 0 saturated carbocycles. The summed E-state index contributed by atoms with van der Waals surface area (Å²) in [7, 11) is 1.71. The minimum atomic E-state index is -0.194. The van der Waals surface area contributed by atoms with Crippen LogP contribution in [0.25, 0.3) is 0 Å². The van der Waals surface area contributed by atoms with Crippen molar-refractivity contribution in [3.63, 3.8) is 0 Å². The van der Waals surface area contributed by atoms with Gasteiger partial charge in [0.15, 0.2) is 0 Å². The summed E-state index contributed by atoms with van der Waals surface area (Å²) in [6.07, 6.45) is 0.854. The predicted molar refractivity (Wildman–Crippen MR) is 83.8 cm³/mol. The highest BCUT2D eigenvalue weighted by atomic mass is 19.1. The summed E-state index contributed by atoms with van der Waals surface area (Å²) in [5.41, 5.74) is 2.34. The van der Waals surface area contributed by atoms with Crippen molar-refractivity contribution in [2.24, 2.45) is 0 Å². The summed E-state index contributed by atoms with van der Waals surface area (Å²) in [6, 6.07) is 17.4. The van der Waals surface area contributed by atoms with Gasteiger partial charge >= 0.3 is 0 Å². The average Bonchev–Trinajstić information content (AvgIpc) is 2.50. The van der Waals surface area contributed by atoms with E-state index in [1.54, 1.807) is 7.11 Å². The van der Waals surface area contributed by atoms with Gasteiger partial charge in [0.05, 0.1) is 12.6 Å². The maximum absolute atomic E-state index is 12.9. The third kappa shape index (κ3) is 4.96. The summed E-state index contributed by atoms with van der Waals surface area (Å²) in [6.45, 7) is 2.76. The van der Waals surface area contributed by atoms with Crippen LogP contribution in [0, 0.1) is 5.82 Å². The van der Waals surface area contributed by atoms with E-state index in [2.05, 4.69) is 24.4 Å². The molecule has 0 heterocycles. The van der Waals surface area contributed by atoms with E-state index < -0.39 is 0 Å². The van der Waals surface area contributed by atoms with Gasteiger partial charge in [-0.1, -0.05) is 42.5 Å². The van der Waals surface area contributed by atoms with Crippen LogP contribution in [0.5, 0.6) is 0 Å². The van der Waals surface area contributed by atoms with Crippen molar-refractivity contribution in [2.45, 2.75) is 25.4 Å². The molecule has 1 N–H and O–H groups in total. The van der Waals surface area contributed by atoms with Gasteiger partial charge in [-0.15, -0.1) is 0 Å². The van der Waals surface area contributed by atoms with Crippen molar-refractivity contribution in [1.82, 2.24) is 5.32 Å². The summed E-state index contributed by atoms with van der Waals surface area (Å²) in [5, 5.41) is 3.58. The molecular formula is C18H22FNO. The molecule has 0 aromatic heterocycles. The molecule has 3 heteroatoms. The molecule has 2 rings (SSSR count). The molecule has 0 saturated heterocycles. The van der Waals surface area contributed by atoms with Crippen LogP contribution < -0.4 is 5.32 Å². The SMILES string of the molecule is COCC(NC(C)Cc1ccc(F)cc1)c1ccccc1. The molecule has 2 unspecified atom stereocenters. The number of ether oxygens (including phenoxy) is 1. The van der Waals surface area contributed by atoms with Gasteiger partial charge in [-0.2, -0.15) is 0 Å². The Morgan fingerprint density at radius 1 is 1.05 bits per heavy atom. The standard InChI is InChI=1S/C18H22FNO/c1-14(12-15-8-10-17(19)11-9-15)20-18(13-21-2)16-6-4-3-5-7-16/h3-11,14,18,20H,12-13H2,1-2H3. The van der Waals surface area contributed by atoms with Crippen LogP contribution in [-0.4, -0.2) is 19.8 Å². The molecule has 2 atom stereocenters. The van der Waals surface area contributed by atoms with Gasteiger partial charge in [0.25, 0.3) is 0 Å². The van der Waals surface area contributed by atoms with E-state index >= 15 is 0 Å². The lowest BCUT2D eigenvalue weighted by Crippen LogP contribution is -2.34. The minimum absolute atomic E-state index is 0.159. The summed E-state index contributed by atoms with van der Waals surface area (Å²) in [4.78, 5) is 0. The van der Waals surface area contributed by atoms with Crippen LogP contribution in [0.4, 0.5) is 4.39 Å². The summed E-state index contributed by atoms with van der Waals surface area (Å²) >= 11 is 0. The lowest BCUT2D eigenvalue weighted by atomic mass is 10.0. The van der Waals surface area contributed by atoms with E-state index in [1.165, 1.54) is 17.7 Å². The van der Waals surface area contributed by atoms with Crippen molar-refractivity contribution in [3.05, 3.63) is 71.5 Å². The second kappa shape index (κ2) is 7.91. The highest BCUT2D eigenvalue weighted by Gasteiger charge is 2.14. The van der Waals surface area contributed by atoms with Crippen molar-refractivity contribution >= 4 is 0 Å². The zero-order valence-electron chi connectivity index (χ0n) is 12.6. The number of hydrogen-bond donors (Lipinski definition) is 1. The van der Waals surface area contributed by atoms with E-state index in [9.17, 15) is 4.39 Å². The van der Waals surface area contributed by atoms with Gasteiger partial charge < -0.3 is 10.1 Å². The Hall–Kier alpha value is -1.71. The predicted octanol–water partition coefficient (Wildman–Crippen LogP) is 3.73. The average molecular weight is 287 g/mol. The lowest BCUT2D eigenvalue weighted by Gasteiger charge is -2.23. The fourth-order valence-electron chi connectivity index (χ4n) is 2.47. The molecule has 0 aliphatic carbocycles. The lowest BCUT2D eigenvalue weighted by molar-refractivity contribution is 0.162. The molecule has 0 radical (unpaired) electrons. The van der Waals surface area contributed by atoms with E-state index in [-0.39, 0.29) is 17.9 Å². The molecule has 2 nitrogen and oxygen atoms in total. The van der Waals surface area contributed by atoms with Crippen LogP contribution in [0.1, 0.15) is 24.1 Å². The number of methoxy groups -OCH3 is 1. The number of nitrogens with one attached hydrogen (secondary N) is 1. The number of halogens is 1. The maximum atomic E-state index is 12.9. The Kier molecular flexibility index (Phi) is 5.90. The third-order valence-electron chi connectivity index (χ3n) is 3.48. The van der Waals surface area contributed by atoms with E-state index in [0.717, 1.165) is 12.0 Å². The van der Waals surface area contributed by atoms with Gasteiger partial charge in [-0.05, 0) is 36.6 Å². The van der Waals surface area contributed by atoms with Gasteiger partial charge in [0, 0.05) is 13.2 Å². The topological polar surface area (TPSA) is 21.3 Å². The van der Waals surface area contributed by atoms with Crippen LogP contribution in [0.3, 0.4) is 0 Å². The van der Waals surface area contributed by atoms with Crippen molar-refractivity contribution in [3.8, 4) is 0 Å². The zero-order chi connectivity index (χ0) is 15.1. The monoisotopic (exact) mass is 287 g/mol. The molecule has 112 valence electrons. The van der Waals surface area contributed by atoms with Crippen LogP contribution >= 0.6 is 0 Å². The Bertz CT molecular complexity index is 527. The van der Waals surface area contributed by atoms with Gasteiger partial charge in [-0.25, -0.2) is 4.39 Å². The molecule has 0 fully saturated rings. The normalized spacial score (nSPS) is 13.9. The van der Waals surface area contributed by atoms with Crippen molar-refractivity contribution in [2.75, 3.05) is 13.7 Å². The van der Waals surface area contributed by atoms with Crippen LogP contribution in [0.15, 0.2) is 54.6 Å². The second-order valence-electron chi connectivity index (χ2n) is 5.32. The summed E-state index contributed by atoms with van der Waals surface area (Å²) in [5.74, 6) is -0.194. The largest absolute Gasteiger partial charge is 0.383 e. The van der Waals surface area contributed by atoms with Crippen molar-refractivity contribution < 1.29 is 9.13 Å². The second-order valence-corrected chi connectivity index (χ2v) is 5.32. The third-order valence-corrected chi connectivity index (χ3v) is 3.48. The van der Waals surface area contributed by atoms with E-state index in [0.29, 0.717) is 6.61 Å². The van der Waals surface area contributed by atoms with Gasteiger partial charge in [-0.3, -0.25) is 0 Å². The number of benzene rings is 2. The Labute approximate surface area is 126 Å². The fourth-order valence-corrected chi connectivity index (χ4v) is 2.47. The Morgan fingerprint density at radius 2 is 1.71 bits per heavy atom. The highest BCUT2D eigenvalue weighted by molar-refractivity contribution is 5.20. The molecule has 0 bridgehead atoms. The van der Waals surface area contributed by atoms with Gasteiger partial charge in [0.1, 0.15) is 5.82 Å². The Balaban J connectivity index is 1.98. The molecule has 21 heavy (non-hydrogen) atoms. The molecule has 0 amide bonds. The van der Waals surface area contributed by atoms with Crippen molar-refractivity contribution in [1.29, 1.82) is 0 Å². The molecular weight excluding hydrogens is 265 g/mol. The number of hydrogen-bond acceptors (Lipinski definition) is 2. The Morgan fingerprint density at radius 3 is 2.33 bits per heavy atom. The summed E-state index contributed by atoms with van der Waals surface area (Å²) < 4.78 is 18.2. The quantitative estimate of drug-likeness (QED) is 0.837. The molecule has 0 aliphatic rings. The minimum Gasteiger partial charge on any atom is -0.383 e. The first-order chi connectivity index (χ1) is 10.2. The van der Waals surface area contributed by atoms with E-state index in [4.69, 9.17) is 4.74 Å². The molecule has 2 aromatic carbocycles. The molecule has 2 aromatic rings. The molecule has 0 spiro atoms. The zero-order valence-corrected chi connectivity index (χ0v) is 12.6. The molecule has 0 aliphatic heterocycles. The number of rotatable bonds is 7. The first-order valence-corrected chi connectivity index (χ1v) is 7.23. The van der Waals surface area contributed by atoms with Crippen LogP contribution in [-0.2, 0) is 11.2 Å². The smallest absolute Gasteiger partial charge is 0.123 e. The first kappa shape index (κ1) is 15.7. The van der Waals surface area contributed by atoms with Gasteiger partial charge in [0.2, 0.25) is 0 Å². The maximum Gasteiger partial charge on any atom is 0.123 e. The van der Waals surface area contributed by atoms with Crippen LogP contribution in [0.2, 0.25) is 0 Å². The fraction of sp³-hybridized carbons (Fsp3) is 0.333.